The van der Waals surface area contributed by atoms with Crippen LogP contribution in [0.15, 0.2) is 30.3 Å². The lowest BCUT2D eigenvalue weighted by atomic mass is 10.0. The van der Waals surface area contributed by atoms with Gasteiger partial charge in [0.15, 0.2) is 0 Å². The summed E-state index contributed by atoms with van der Waals surface area (Å²) < 4.78 is 5.69. The van der Waals surface area contributed by atoms with E-state index in [1.165, 1.54) is 83.5 Å². The van der Waals surface area contributed by atoms with Crippen molar-refractivity contribution in [2.75, 3.05) is 0 Å². The number of epoxide rings is 1. The van der Waals surface area contributed by atoms with Crippen LogP contribution in [0.25, 0.3) is 0 Å². The van der Waals surface area contributed by atoms with Gasteiger partial charge in [0.1, 0.15) is 12.2 Å². The molecule has 2 heteroatoms. The van der Waals surface area contributed by atoms with Crippen molar-refractivity contribution in [2.45, 2.75) is 115 Å². The summed E-state index contributed by atoms with van der Waals surface area (Å²) in [5.74, 6) is 0. The topological polar surface area (TPSA) is 32.8 Å². The van der Waals surface area contributed by atoms with Gasteiger partial charge < -0.3 is 9.84 Å². The number of aliphatic hydroxyl groups excluding tert-OH is 1. The zero-order chi connectivity index (χ0) is 18.5. The Labute approximate surface area is 161 Å². The molecule has 3 unspecified atom stereocenters. The normalized spacial score (nSPS) is 20.2. The molecule has 148 valence electrons. The second-order valence-corrected chi connectivity index (χ2v) is 8.03. The van der Waals surface area contributed by atoms with E-state index in [-0.39, 0.29) is 12.2 Å². The average molecular weight is 361 g/mol. The minimum atomic E-state index is -0.455. The standard InChI is InChI=1S/C24H40O2/c1-2-3-4-5-6-7-8-9-10-11-12-13-17-20-22-24(26-22)23(25)21-18-15-14-16-19-21/h14-16,18-19,22-25H,2-13,17,20H2,1H3. The highest BCUT2D eigenvalue weighted by Crippen LogP contribution is 2.37. The molecule has 1 aliphatic rings. The third-order valence-corrected chi connectivity index (χ3v) is 5.67. The number of ether oxygens (including phenoxy) is 1. The first-order valence-electron chi connectivity index (χ1n) is 11.2. The van der Waals surface area contributed by atoms with Crippen molar-refractivity contribution in [3.8, 4) is 0 Å². The summed E-state index contributed by atoms with van der Waals surface area (Å²) in [4.78, 5) is 0. The predicted molar refractivity (Wildman–Crippen MR) is 110 cm³/mol. The first kappa shape index (κ1) is 21.4. The third-order valence-electron chi connectivity index (χ3n) is 5.67. The van der Waals surface area contributed by atoms with Gasteiger partial charge in [0, 0.05) is 0 Å². The highest BCUT2D eigenvalue weighted by atomic mass is 16.6. The van der Waals surface area contributed by atoms with Crippen LogP contribution in [0.5, 0.6) is 0 Å². The molecule has 1 heterocycles. The summed E-state index contributed by atoms with van der Waals surface area (Å²) >= 11 is 0. The van der Waals surface area contributed by atoms with Gasteiger partial charge in [0.25, 0.3) is 0 Å². The maximum atomic E-state index is 10.3. The number of hydrogen-bond donors (Lipinski definition) is 1. The fourth-order valence-electron chi connectivity index (χ4n) is 3.87. The molecule has 1 aromatic carbocycles. The SMILES string of the molecule is CCCCCCCCCCCCCCCC1OC1C(O)c1ccccc1. The van der Waals surface area contributed by atoms with Crippen LogP contribution >= 0.6 is 0 Å². The molecule has 2 rings (SSSR count). The molecule has 0 aromatic heterocycles. The smallest absolute Gasteiger partial charge is 0.114 e. The van der Waals surface area contributed by atoms with E-state index in [1.54, 1.807) is 0 Å². The van der Waals surface area contributed by atoms with Crippen LogP contribution < -0.4 is 0 Å². The fourth-order valence-corrected chi connectivity index (χ4v) is 3.87. The van der Waals surface area contributed by atoms with Crippen LogP contribution in [0.3, 0.4) is 0 Å². The second kappa shape index (κ2) is 13.3. The van der Waals surface area contributed by atoms with Gasteiger partial charge in [-0.1, -0.05) is 121 Å². The monoisotopic (exact) mass is 360 g/mol. The van der Waals surface area contributed by atoms with Gasteiger partial charge >= 0.3 is 0 Å². The molecular formula is C24H40O2. The van der Waals surface area contributed by atoms with Crippen LogP contribution in [0, 0.1) is 0 Å². The molecular weight excluding hydrogens is 320 g/mol. The van der Waals surface area contributed by atoms with Crippen molar-refractivity contribution in [1.29, 1.82) is 0 Å². The lowest BCUT2D eigenvalue weighted by molar-refractivity contribution is 0.137. The van der Waals surface area contributed by atoms with Crippen molar-refractivity contribution in [3.05, 3.63) is 35.9 Å². The quantitative estimate of drug-likeness (QED) is 0.255. The van der Waals surface area contributed by atoms with Gasteiger partial charge in [0.2, 0.25) is 0 Å². The zero-order valence-corrected chi connectivity index (χ0v) is 16.9. The summed E-state index contributed by atoms with van der Waals surface area (Å²) in [6.07, 6.45) is 19.0. The number of rotatable bonds is 16. The zero-order valence-electron chi connectivity index (χ0n) is 16.9. The largest absolute Gasteiger partial charge is 0.386 e. The number of benzene rings is 1. The Kier molecular flexibility index (Phi) is 11.0. The van der Waals surface area contributed by atoms with E-state index >= 15 is 0 Å². The molecule has 0 amide bonds. The molecule has 3 atom stereocenters. The molecule has 0 saturated carbocycles. The minimum absolute atomic E-state index is 0.0229. The van der Waals surface area contributed by atoms with E-state index in [0.29, 0.717) is 0 Å². The number of unbranched alkanes of at least 4 members (excludes halogenated alkanes) is 12. The summed E-state index contributed by atoms with van der Waals surface area (Å²) in [6.45, 7) is 2.28. The van der Waals surface area contributed by atoms with Crippen LogP contribution in [0.1, 0.15) is 108 Å². The molecule has 26 heavy (non-hydrogen) atoms. The van der Waals surface area contributed by atoms with E-state index in [2.05, 4.69) is 6.92 Å². The van der Waals surface area contributed by atoms with Crippen LogP contribution in [-0.2, 0) is 4.74 Å². The van der Waals surface area contributed by atoms with Crippen LogP contribution in [-0.4, -0.2) is 17.3 Å². The van der Waals surface area contributed by atoms with Gasteiger partial charge in [-0.05, 0) is 12.0 Å². The Balaban J connectivity index is 1.35. The summed E-state index contributed by atoms with van der Waals surface area (Å²) in [5, 5.41) is 10.3. The fraction of sp³-hybridized carbons (Fsp3) is 0.750. The summed E-state index contributed by atoms with van der Waals surface area (Å²) in [7, 11) is 0. The van der Waals surface area contributed by atoms with E-state index in [0.717, 1.165) is 12.0 Å². The maximum Gasteiger partial charge on any atom is 0.114 e. The molecule has 1 aromatic rings. The highest BCUT2D eigenvalue weighted by molar-refractivity contribution is 5.20. The molecule has 0 radical (unpaired) electrons. The van der Waals surface area contributed by atoms with E-state index in [4.69, 9.17) is 4.74 Å². The lowest BCUT2D eigenvalue weighted by Gasteiger charge is -2.07. The maximum absolute atomic E-state index is 10.3. The van der Waals surface area contributed by atoms with Crippen molar-refractivity contribution >= 4 is 0 Å². The van der Waals surface area contributed by atoms with E-state index < -0.39 is 6.10 Å². The second-order valence-electron chi connectivity index (χ2n) is 8.03. The van der Waals surface area contributed by atoms with Gasteiger partial charge in [-0.2, -0.15) is 0 Å². The molecule has 1 aliphatic heterocycles. The Hall–Kier alpha value is -0.860. The minimum Gasteiger partial charge on any atom is -0.386 e. The third kappa shape index (κ3) is 8.68. The Bertz CT molecular complexity index is 445. The average Bonchev–Trinajstić information content (AvgIpc) is 3.45. The van der Waals surface area contributed by atoms with Gasteiger partial charge in [-0.25, -0.2) is 0 Å². The van der Waals surface area contributed by atoms with Gasteiger partial charge in [-0.15, -0.1) is 0 Å². The van der Waals surface area contributed by atoms with E-state index in [1.807, 2.05) is 30.3 Å². The molecule has 1 saturated heterocycles. The van der Waals surface area contributed by atoms with Gasteiger partial charge in [-0.3, -0.25) is 0 Å². The van der Waals surface area contributed by atoms with Crippen molar-refractivity contribution < 1.29 is 9.84 Å². The molecule has 0 aliphatic carbocycles. The molecule has 0 bridgehead atoms. The predicted octanol–water partition coefficient (Wildman–Crippen LogP) is 6.97. The van der Waals surface area contributed by atoms with E-state index in [9.17, 15) is 5.11 Å². The first-order valence-corrected chi connectivity index (χ1v) is 11.2. The highest BCUT2D eigenvalue weighted by Gasteiger charge is 2.43. The molecule has 0 spiro atoms. The van der Waals surface area contributed by atoms with Crippen molar-refractivity contribution in [3.63, 3.8) is 0 Å². The Morgan fingerprint density at radius 3 is 1.81 bits per heavy atom. The Morgan fingerprint density at radius 1 is 0.769 bits per heavy atom. The first-order chi connectivity index (χ1) is 12.8. The summed E-state index contributed by atoms with van der Waals surface area (Å²) in [5.41, 5.74) is 0.977. The lowest BCUT2D eigenvalue weighted by Crippen LogP contribution is -2.08. The molecule has 1 fully saturated rings. The van der Waals surface area contributed by atoms with Crippen LogP contribution in [0.2, 0.25) is 0 Å². The van der Waals surface area contributed by atoms with Crippen molar-refractivity contribution in [2.24, 2.45) is 0 Å². The van der Waals surface area contributed by atoms with Gasteiger partial charge in [0.05, 0.1) is 6.10 Å². The number of hydrogen-bond acceptors (Lipinski definition) is 2. The Morgan fingerprint density at radius 2 is 1.27 bits per heavy atom. The molecule has 1 N–H and O–H groups in total. The van der Waals surface area contributed by atoms with Crippen LogP contribution in [0.4, 0.5) is 0 Å². The number of aliphatic hydroxyl groups is 1. The molecule has 2 nitrogen and oxygen atoms in total. The van der Waals surface area contributed by atoms with Crippen molar-refractivity contribution in [1.82, 2.24) is 0 Å². The summed E-state index contributed by atoms with van der Waals surface area (Å²) in [6, 6.07) is 9.89.